The summed E-state index contributed by atoms with van der Waals surface area (Å²) in [6, 6.07) is 5.98. The van der Waals surface area contributed by atoms with Crippen molar-refractivity contribution in [1.29, 1.82) is 0 Å². The lowest BCUT2D eigenvalue weighted by atomic mass is 10.0. The zero-order valence-corrected chi connectivity index (χ0v) is 16.1. The molecule has 1 aromatic heterocycles. The predicted octanol–water partition coefficient (Wildman–Crippen LogP) is 2.74. The number of fused-ring (bicyclic) bond motifs is 1. The van der Waals surface area contributed by atoms with Gasteiger partial charge < -0.3 is 19.5 Å². The number of aromatic nitrogens is 1. The van der Waals surface area contributed by atoms with Crippen molar-refractivity contribution < 1.29 is 14.2 Å². The fourth-order valence-corrected chi connectivity index (χ4v) is 4.14. The lowest BCUT2D eigenvalue weighted by Crippen LogP contribution is -2.54. The van der Waals surface area contributed by atoms with Gasteiger partial charge in [0.05, 0.1) is 18.9 Å². The first kappa shape index (κ1) is 17.7. The Bertz CT molecular complexity index is 756. The second kappa shape index (κ2) is 7.52. The molecule has 4 rings (SSSR count). The van der Waals surface area contributed by atoms with Crippen LogP contribution in [-0.4, -0.2) is 55.1 Å². The highest BCUT2D eigenvalue weighted by molar-refractivity contribution is 7.13. The van der Waals surface area contributed by atoms with Gasteiger partial charge in [0, 0.05) is 42.7 Å². The molecule has 0 bridgehead atoms. The molecule has 7 heteroatoms. The number of hydrogen-bond donors (Lipinski definition) is 1. The van der Waals surface area contributed by atoms with Crippen LogP contribution in [0, 0.1) is 0 Å². The molecule has 2 aliphatic rings. The Labute approximate surface area is 158 Å². The van der Waals surface area contributed by atoms with Gasteiger partial charge in [0.1, 0.15) is 5.01 Å². The van der Waals surface area contributed by atoms with E-state index in [1.165, 1.54) is 0 Å². The first-order chi connectivity index (χ1) is 12.6. The third kappa shape index (κ3) is 3.86. The maximum absolute atomic E-state index is 5.46. The molecule has 6 nitrogen and oxygen atoms in total. The van der Waals surface area contributed by atoms with Crippen molar-refractivity contribution in [2.45, 2.75) is 25.9 Å². The van der Waals surface area contributed by atoms with Gasteiger partial charge in [-0.15, -0.1) is 11.3 Å². The van der Waals surface area contributed by atoms with Crippen molar-refractivity contribution in [3.63, 3.8) is 0 Å². The molecule has 0 saturated carbocycles. The van der Waals surface area contributed by atoms with Gasteiger partial charge in [0.15, 0.2) is 11.5 Å². The Morgan fingerprint density at radius 2 is 2.00 bits per heavy atom. The third-order valence-electron chi connectivity index (χ3n) is 4.90. The van der Waals surface area contributed by atoms with Crippen LogP contribution in [0.2, 0.25) is 0 Å². The maximum Gasteiger partial charge on any atom is 0.231 e. The number of morpholine rings is 1. The highest BCUT2D eigenvalue weighted by atomic mass is 32.1. The fraction of sp³-hybridized carbons (Fsp3) is 0.526. The molecule has 0 atom stereocenters. The minimum absolute atomic E-state index is 0.111. The van der Waals surface area contributed by atoms with Gasteiger partial charge in [-0.3, -0.25) is 4.90 Å². The summed E-state index contributed by atoms with van der Waals surface area (Å²) >= 11 is 1.66. The van der Waals surface area contributed by atoms with Crippen molar-refractivity contribution in [3.05, 3.63) is 29.3 Å². The van der Waals surface area contributed by atoms with Crippen LogP contribution in [0.5, 0.6) is 11.5 Å². The van der Waals surface area contributed by atoms with Crippen LogP contribution >= 0.6 is 11.3 Å². The fourth-order valence-electron chi connectivity index (χ4n) is 3.33. The molecule has 2 aromatic rings. The monoisotopic (exact) mass is 375 g/mol. The molecule has 0 spiro atoms. The largest absolute Gasteiger partial charge is 0.454 e. The zero-order chi connectivity index (χ0) is 18.0. The van der Waals surface area contributed by atoms with Gasteiger partial charge in [-0.1, -0.05) is 0 Å². The van der Waals surface area contributed by atoms with Crippen LogP contribution < -0.4 is 14.8 Å². The SMILES string of the molecule is CC(C)(CNCc1csc(-c2ccc3c(c2)OCO3)n1)N1CCOCC1. The van der Waals surface area contributed by atoms with Gasteiger partial charge in [-0.05, 0) is 32.0 Å². The number of nitrogens with one attached hydrogen (secondary N) is 1. The van der Waals surface area contributed by atoms with E-state index >= 15 is 0 Å². The van der Waals surface area contributed by atoms with E-state index in [1.54, 1.807) is 11.3 Å². The van der Waals surface area contributed by atoms with E-state index in [4.69, 9.17) is 19.2 Å². The van der Waals surface area contributed by atoms with Gasteiger partial charge >= 0.3 is 0 Å². The lowest BCUT2D eigenvalue weighted by Gasteiger charge is -2.41. The molecule has 0 unspecified atom stereocenters. The van der Waals surface area contributed by atoms with Crippen LogP contribution in [0.1, 0.15) is 19.5 Å². The maximum atomic E-state index is 5.46. The number of nitrogens with zero attached hydrogens (tertiary/aromatic N) is 2. The van der Waals surface area contributed by atoms with E-state index in [2.05, 4.69) is 29.4 Å². The molecular formula is C19H25N3O3S. The Morgan fingerprint density at radius 3 is 2.85 bits per heavy atom. The molecule has 3 heterocycles. The quantitative estimate of drug-likeness (QED) is 0.838. The number of rotatable bonds is 6. The molecule has 1 aromatic carbocycles. The van der Waals surface area contributed by atoms with Crippen molar-refractivity contribution in [3.8, 4) is 22.1 Å². The second-order valence-electron chi connectivity index (χ2n) is 7.23. The van der Waals surface area contributed by atoms with Gasteiger partial charge in [0.2, 0.25) is 6.79 Å². The van der Waals surface area contributed by atoms with Crippen LogP contribution in [0.3, 0.4) is 0 Å². The Hall–Kier alpha value is -1.67. The molecule has 1 N–H and O–H groups in total. The molecule has 0 aliphatic carbocycles. The molecule has 2 aliphatic heterocycles. The average molecular weight is 375 g/mol. The standard InChI is InChI=1S/C19H25N3O3S/c1-19(2,22-5-7-23-8-6-22)12-20-10-15-11-26-18(21-15)14-3-4-16-17(9-14)25-13-24-16/h3-4,9,11,20H,5-8,10,12-13H2,1-2H3. The summed E-state index contributed by atoms with van der Waals surface area (Å²) in [4.78, 5) is 7.25. The van der Waals surface area contributed by atoms with Crippen molar-refractivity contribution >= 4 is 11.3 Å². The first-order valence-electron chi connectivity index (χ1n) is 9.00. The molecular weight excluding hydrogens is 350 g/mol. The Morgan fingerprint density at radius 1 is 1.19 bits per heavy atom. The normalized spacial score (nSPS) is 17.6. The van der Waals surface area contributed by atoms with Crippen LogP contribution in [0.25, 0.3) is 10.6 Å². The number of benzene rings is 1. The van der Waals surface area contributed by atoms with Crippen LogP contribution in [0.15, 0.2) is 23.6 Å². The van der Waals surface area contributed by atoms with E-state index < -0.39 is 0 Å². The molecule has 1 fully saturated rings. The summed E-state index contributed by atoms with van der Waals surface area (Å²) in [6.45, 7) is 10.2. The molecule has 0 amide bonds. The number of hydrogen-bond acceptors (Lipinski definition) is 7. The minimum Gasteiger partial charge on any atom is -0.454 e. The smallest absolute Gasteiger partial charge is 0.231 e. The van der Waals surface area contributed by atoms with Crippen molar-refractivity contribution in [2.75, 3.05) is 39.6 Å². The van der Waals surface area contributed by atoms with E-state index in [0.717, 1.165) is 67.2 Å². The van der Waals surface area contributed by atoms with E-state index in [-0.39, 0.29) is 5.54 Å². The Balaban J connectivity index is 1.34. The summed E-state index contributed by atoms with van der Waals surface area (Å²) in [5, 5.41) is 6.69. The van der Waals surface area contributed by atoms with Crippen LogP contribution in [0.4, 0.5) is 0 Å². The summed E-state index contributed by atoms with van der Waals surface area (Å²) < 4.78 is 16.3. The van der Waals surface area contributed by atoms with Gasteiger partial charge in [-0.25, -0.2) is 4.98 Å². The summed E-state index contributed by atoms with van der Waals surface area (Å²) in [5.41, 5.74) is 2.25. The lowest BCUT2D eigenvalue weighted by molar-refractivity contribution is -0.00968. The minimum atomic E-state index is 0.111. The van der Waals surface area contributed by atoms with Crippen molar-refractivity contribution in [1.82, 2.24) is 15.2 Å². The third-order valence-corrected chi connectivity index (χ3v) is 5.84. The topological polar surface area (TPSA) is 55.8 Å². The highest BCUT2D eigenvalue weighted by Crippen LogP contribution is 2.36. The molecule has 26 heavy (non-hydrogen) atoms. The summed E-state index contributed by atoms with van der Waals surface area (Å²) in [5.74, 6) is 1.60. The van der Waals surface area contributed by atoms with Crippen LogP contribution in [-0.2, 0) is 11.3 Å². The van der Waals surface area contributed by atoms with E-state index in [0.29, 0.717) is 6.79 Å². The van der Waals surface area contributed by atoms with Gasteiger partial charge in [-0.2, -0.15) is 0 Å². The molecule has 140 valence electrons. The van der Waals surface area contributed by atoms with Crippen molar-refractivity contribution in [2.24, 2.45) is 0 Å². The first-order valence-corrected chi connectivity index (χ1v) is 9.88. The van der Waals surface area contributed by atoms with E-state index in [1.807, 2.05) is 18.2 Å². The Kier molecular flexibility index (Phi) is 5.13. The van der Waals surface area contributed by atoms with Gasteiger partial charge in [0.25, 0.3) is 0 Å². The molecule has 0 radical (unpaired) electrons. The predicted molar refractivity (Wildman–Crippen MR) is 102 cm³/mol. The average Bonchev–Trinajstić information content (AvgIpc) is 3.31. The number of thiazole rings is 1. The summed E-state index contributed by atoms with van der Waals surface area (Å²) in [7, 11) is 0. The summed E-state index contributed by atoms with van der Waals surface area (Å²) in [6.07, 6.45) is 0. The molecule has 1 saturated heterocycles. The van der Waals surface area contributed by atoms with E-state index in [9.17, 15) is 0 Å². The zero-order valence-electron chi connectivity index (χ0n) is 15.3. The second-order valence-corrected chi connectivity index (χ2v) is 8.09. The number of ether oxygens (including phenoxy) is 3. The highest BCUT2D eigenvalue weighted by Gasteiger charge is 2.27.